The van der Waals surface area contributed by atoms with Crippen molar-refractivity contribution in [1.82, 2.24) is 10.2 Å². The van der Waals surface area contributed by atoms with Gasteiger partial charge in [-0.3, -0.25) is 14.5 Å². The highest BCUT2D eigenvalue weighted by molar-refractivity contribution is 6.10. The van der Waals surface area contributed by atoms with Crippen LogP contribution in [0.15, 0.2) is 84.9 Å². The summed E-state index contributed by atoms with van der Waals surface area (Å²) in [5.41, 5.74) is 1.99. The zero-order valence-corrected chi connectivity index (χ0v) is 18.7. The van der Waals surface area contributed by atoms with Crippen molar-refractivity contribution in [3.63, 3.8) is 0 Å². The molecule has 1 aliphatic heterocycles. The van der Waals surface area contributed by atoms with Crippen LogP contribution in [0, 0.1) is 5.92 Å². The third-order valence-corrected chi connectivity index (χ3v) is 5.74. The smallest absolute Gasteiger partial charge is 0.324 e. The molecular weight excluding hydrogens is 414 g/mol. The first kappa shape index (κ1) is 22.3. The largest absolute Gasteiger partial charge is 0.325 e. The lowest BCUT2D eigenvalue weighted by atomic mass is 9.82. The molecule has 4 amide bonds. The minimum absolute atomic E-state index is 0.154. The van der Waals surface area contributed by atoms with E-state index in [1.54, 1.807) is 6.07 Å². The Bertz CT molecular complexity index is 1160. The SMILES string of the molecule is CC(C)CC1(c2ccccc2)NC(=O)N(CC(=O)Nc2ccccc2-c2ccccc2)C1=O. The van der Waals surface area contributed by atoms with Gasteiger partial charge in [0.05, 0.1) is 0 Å². The number of anilines is 1. The maximum atomic E-state index is 13.5. The molecule has 1 heterocycles. The van der Waals surface area contributed by atoms with Crippen molar-refractivity contribution in [1.29, 1.82) is 0 Å². The van der Waals surface area contributed by atoms with E-state index >= 15 is 0 Å². The molecule has 3 aromatic rings. The van der Waals surface area contributed by atoms with Gasteiger partial charge in [-0.2, -0.15) is 0 Å². The van der Waals surface area contributed by atoms with Crippen molar-refractivity contribution in [2.45, 2.75) is 25.8 Å². The highest BCUT2D eigenvalue weighted by atomic mass is 16.2. The summed E-state index contributed by atoms with van der Waals surface area (Å²) in [5.74, 6) is -0.685. The van der Waals surface area contributed by atoms with Crippen LogP contribution in [0.25, 0.3) is 11.1 Å². The molecule has 0 saturated carbocycles. The molecule has 1 unspecified atom stereocenters. The van der Waals surface area contributed by atoms with E-state index in [4.69, 9.17) is 0 Å². The number of nitrogens with one attached hydrogen (secondary N) is 2. The Labute approximate surface area is 193 Å². The van der Waals surface area contributed by atoms with Gasteiger partial charge in [0.1, 0.15) is 12.1 Å². The summed E-state index contributed by atoms with van der Waals surface area (Å²) in [6.45, 7) is 3.64. The molecule has 4 rings (SSSR count). The molecule has 33 heavy (non-hydrogen) atoms. The van der Waals surface area contributed by atoms with Gasteiger partial charge >= 0.3 is 6.03 Å². The fraction of sp³-hybridized carbons (Fsp3) is 0.222. The lowest BCUT2D eigenvalue weighted by Crippen LogP contribution is -2.45. The van der Waals surface area contributed by atoms with Gasteiger partial charge in [0.2, 0.25) is 5.91 Å². The Hall–Kier alpha value is -3.93. The van der Waals surface area contributed by atoms with Crippen LogP contribution in [0.1, 0.15) is 25.8 Å². The number of carbonyl (C=O) groups is 3. The van der Waals surface area contributed by atoms with E-state index < -0.39 is 23.4 Å². The Kier molecular flexibility index (Phi) is 6.27. The molecule has 0 radical (unpaired) electrons. The lowest BCUT2D eigenvalue weighted by molar-refractivity contribution is -0.134. The minimum Gasteiger partial charge on any atom is -0.324 e. The first-order chi connectivity index (χ1) is 15.9. The third-order valence-electron chi connectivity index (χ3n) is 5.74. The Morgan fingerprint density at radius 2 is 1.52 bits per heavy atom. The van der Waals surface area contributed by atoms with Crippen molar-refractivity contribution in [3.05, 3.63) is 90.5 Å². The molecule has 6 heteroatoms. The van der Waals surface area contributed by atoms with E-state index in [2.05, 4.69) is 10.6 Å². The summed E-state index contributed by atoms with van der Waals surface area (Å²) >= 11 is 0. The molecule has 1 aliphatic rings. The second kappa shape index (κ2) is 9.28. The highest BCUT2D eigenvalue weighted by Crippen LogP contribution is 2.35. The topological polar surface area (TPSA) is 78.5 Å². The van der Waals surface area contributed by atoms with Crippen LogP contribution in [0.2, 0.25) is 0 Å². The second-order valence-electron chi connectivity index (χ2n) is 8.65. The number of hydrogen-bond acceptors (Lipinski definition) is 3. The Morgan fingerprint density at radius 3 is 2.18 bits per heavy atom. The van der Waals surface area contributed by atoms with Gasteiger partial charge < -0.3 is 10.6 Å². The molecule has 168 valence electrons. The van der Waals surface area contributed by atoms with Crippen molar-refractivity contribution in [2.75, 3.05) is 11.9 Å². The number of nitrogens with zero attached hydrogens (tertiary/aromatic N) is 1. The summed E-state index contributed by atoms with van der Waals surface area (Å²) in [7, 11) is 0. The lowest BCUT2D eigenvalue weighted by Gasteiger charge is -2.29. The second-order valence-corrected chi connectivity index (χ2v) is 8.65. The van der Waals surface area contributed by atoms with E-state index in [0.29, 0.717) is 12.1 Å². The van der Waals surface area contributed by atoms with Gasteiger partial charge in [0.15, 0.2) is 0 Å². The fourth-order valence-corrected chi connectivity index (χ4v) is 4.35. The zero-order valence-electron chi connectivity index (χ0n) is 18.7. The molecule has 1 fully saturated rings. The normalized spacial score (nSPS) is 17.8. The summed E-state index contributed by atoms with van der Waals surface area (Å²) in [5, 5.41) is 5.75. The quantitative estimate of drug-likeness (QED) is 0.518. The third kappa shape index (κ3) is 4.51. The molecule has 0 aliphatic carbocycles. The van der Waals surface area contributed by atoms with E-state index in [0.717, 1.165) is 21.6 Å². The van der Waals surface area contributed by atoms with E-state index in [9.17, 15) is 14.4 Å². The van der Waals surface area contributed by atoms with Gasteiger partial charge in [-0.25, -0.2) is 4.79 Å². The van der Waals surface area contributed by atoms with Gasteiger partial charge in [-0.05, 0) is 29.5 Å². The van der Waals surface area contributed by atoms with Crippen molar-refractivity contribution in [3.8, 4) is 11.1 Å². The molecule has 1 saturated heterocycles. The average Bonchev–Trinajstić information content (AvgIpc) is 3.05. The van der Waals surface area contributed by atoms with Crippen LogP contribution in [0.5, 0.6) is 0 Å². The van der Waals surface area contributed by atoms with Crippen LogP contribution >= 0.6 is 0 Å². The number of para-hydroxylation sites is 1. The van der Waals surface area contributed by atoms with E-state index in [-0.39, 0.29) is 12.5 Å². The van der Waals surface area contributed by atoms with Gasteiger partial charge in [0, 0.05) is 11.3 Å². The van der Waals surface area contributed by atoms with Crippen LogP contribution in [-0.4, -0.2) is 29.3 Å². The van der Waals surface area contributed by atoms with E-state index in [1.165, 1.54) is 0 Å². The van der Waals surface area contributed by atoms with Crippen LogP contribution in [0.4, 0.5) is 10.5 Å². The van der Waals surface area contributed by atoms with Crippen molar-refractivity contribution in [2.24, 2.45) is 5.92 Å². The van der Waals surface area contributed by atoms with Crippen LogP contribution in [0.3, 0.4) is 0 Å². The number of rotatable bonds is 7. The number of urea groups is 1. The predicted molar refractivity (Wildman–Crippen MR) is 128 cm³/mol. The molecule has 2 N–H and O–H groups in total. The monoisotopic (exact) mass is 441 g/mol. The fourth-order valence-electron chi connectivity index (χ4n) is 4.35. The summed E-state index contributed by atoms with van der Waals surface area (Å²) in [6.07, 6.45) is 0.441. The molecule has 6 nitrogen and oxygen atoms in total. The first-order valence-corrected chi connectivity index (χ1v) is 11.0. The van der Waals surface area contributed by atoms with Crippen LogP contribution < -0.4 is 10.6 Å². The number of carbonyl (C=O) groups excluding carboxylic acids is 3. The predicted octanol–water partition coefficient (Wildman–Crippen LogP) is 4.79. The summed E-state index contributed by atoms with van der Waals surface area (Å²) < 4.78 is 0. The van der Waals surface area contributed by atoms with Gasteiger partial charge in [-0.1, -0.05) is 92.7 Å². The molecule has 1 atom stereocenters. The average molecular weight is 442 g/mol. The molecule has 3 aromatic carbocycles. The Morgan fingerprint density at radius 1 is 0.909 bits per heavy atom. The first-order valence-electron chi connectivity index (χ1n) is 11.0. The van der Waals surface area contributed by atoms with Crippen LogP contribution in [-0.2, 0) is 15.1 Å². The summed E-state index contributed by atoms with van der Waals surface area (Å²) in [6, 6.07) is 25.8. The maximum Gasteiger partial charge on any atom is 0.325 e. The number of hydrogen-bond donors (Lipinski definition) is 2. The molecule has 0 bridgehead atoms. The minimum atomic E-state index is -1.17. The van der Waals surface area contributed by atoms with Crippen molar-refractivity contribution >= 4 is 23.5 Å². The molecule has 0 spiro atoms. The van der Waals surface area contributed by atoms with Crippen molar-refractivity contribution < 1.29 is 14.4 Å². The zero-order chi connectivity index (χ0) is 23.4. The van der Waals surface area contributed by atoms with Gasteiger partial charge in [-0.15, -0.1) is 0 Å². The molecular formula is C27H27N3O3. The van der Waals surface area contributed by atoms with E-state index in [1.807, 2.05) is 92.7 Å². The highest BCUT2D eigenvalue weighted by Gasteiger charge is 2.52. The number of benzene rings is 3. The summed E-state index contributed by atoms with van der Waals surface area (Å²) in [4.78, 5) is 40.3. The van der Waals surface area contributed by atoms with Gasteiger partial charge in [0.25, 0.3) is 5.91 Å². The number of imide groups is 1. The number of amides is 4. The maximum absolute atomic E-state index is 13.5. The standard InChI is InChI=1S/C27H27N3O3/c1-19(2)17-27(21-13-7-4-8-14-21)25(32)30(26(33)29-27)18-24(31)28-23-16-10-9-15-22(23)20-11-5-3-6-12-20/h3-16,19H,17-18H2,1-2H3,(H,28,31)(H,29,33). The Balaban J connectivity index is 1.56. The molecule has 0 aromatic heterocycles.